The summed E-state index contributed by atoms with van der Waals surface area (Å²) in [5.41, 5.74) is 2.41. The van der Waals surface area contributed by atoms with E-state index in [1.54, 1.807) is 31.5 Å². The second kappa shape index (κ2) is 8.93. The molecule has 0 saturated carbocycles. The molecular weight excluding hydrogens is 410 g/mol. The molecule has 32 heavy (non-hydrogen) atoms. The molecule has 4 rings (SSSR count). The third-order valence-corrected chi connectivity index (χ3v) is 5.07. The Balaban J connectivity index is 1.56. The van der Waals surface area contributed by atoms with Crippen LogP contribution in [0.2, 0.25) is 0 Å². The second-order valence-electron chi connectivity index (χ2n) is 7.29. The van der Waals surface area contributed by atoms with Gasteiger partial charge >= 0.3 is 5.97 Å². The predicted molar refractivity (Wildman–Crippen MR) is 117 cm³/mol. The molecule has 0 unspecified atom stereocenters. The van der Waals surface area contributed by atoms with Gasteiger partial charge in [-0.05, 0) is 42.3 Å². The van der Waals surface area contributed by atoms with E-state index in [2.05, 4.69) is 4.98 Å². The van der Waals surface area contributed by atoms with Crippen LogP contribution in [0.1, 0.15) is 39.7 Å². The van der Waals surface area contributed by atoms with Gasteiger partial charge in [-0.2, -0.15) is 0 Å². The smallest absolute Gasteiger partial charge is 0.336 e. The molecule has 3 aromatic rings. The molecule has 2 aromatic carbocycles. The van der Waals surface area contributed by atoms with Crippen molar-refractivity contribution in [1.82, 2.24) is 4.98 Å². The van der Waals surface area contributed by atoms with Crippen LogP contribution in [0.5, 0.6) is 23.0 Å². The van der Waals surface area contributed by atoms with Gasteiger partial charge in [0.05, 0.1) is 19.2 Å². The maximum absolute atomic E-state index is 12.7. The number of carbonyl (C=O) groups is 2. The Morgan fingerprint density at radius 1 is 1.22 bits per heavy atom. The lowest BCUT2D eigenvalue weighted by Gasteiger charge is -2.26. The average molecular weight is 431 g/mol. The van der Waals surface area contributed by atoms with Crippen LogP contribution >= 0.6 is 0 Å². The minimum Gasteiger partial charge on any atom is -0.507 e. The van der Waals surface area contributed by atoms with Crippen LogP contribution in [0, 0.1) is 6.92 Å². The second-order valence-corrected chi connectivity index (χ2v) is 7.29. The van der Waals surface area contributed by atoms with Gasteiger partial charge in [-0.1, -0.05) is 18.2 Å². The number of carbonyl (C=O) groups excluding carboxylic acids is 2. The zero-order valence-corrected chi connectivity index (χ0v) is 17.6. The standard InChI is InChI=1S/C25H21NO6/c1-15-6-7-16(11-21(15)30-2)22-14-20(28)25-19(27)12-18(13-23(25)32-22)31-24(29)9-8-17-5-3-4-10-26-17/h3-13,22,27H,14H2,1-2H3/b9-8+/t22-/m0/s1. The third kappa shape index (κ3) is 4.46. The lowest BCUT2D eigenvalue weighted by molar-refractivity contribution is -0.128. The number of methoxy groups -OCH3 is 1. The molecule has 1 aromatic heterocycles. The van der Waals surface area contributed by atoms with Crippen molar-refractivity contribution in [1.29, 1.82) is 0 Å². The number of nitrogens with zero attached hydrogens (tertiary/aromatic N) is 1. The Morgan fingerprint density at radius 2 is 2.06 bits per heavy atom. The van der Waals surface area contributed by atoms with Crippen LogP contribution in [0.25, 0.3) is 6.08 Å². The molecule has 7 heteroatoms. The van der Waals surface area contributed by atoms with E-state index in [0.29, 0.717) is 11.4 Å². The Labute approximate surface area is 184 Å². The first-order chi connectivity index (χ1) is 15.4. The van der Waals surface area contributed by atoms with Crippen molar-refractivity contribution in [3.05, 3.63) is 83.2 Å². The van der Waals surface area contributed by atoms with Crippen LogP contribution < -0.4 is 14.2 Å². The van der Waals surface area contributed by atoms with Crippen LogP contribution in [-0.4, -0.2) is 29.0 Å². The molecule has 1 N–H and O–H groups in total. The Bertz CT molecular complexity index is 1200. The molecule has 1 aliphatic heterocycles. The van der Waals surface area contributed by atoms with E-state index in [1.807, 2.05) is 25.1 Å². The van der Waals surface area contributed by atoms with Gasteiger partial charge in [0.1, 0.15) is 34.7 Å². The molecule has 2 heterocycles. The molecule has 0 aliphatic carbocycles. The fourth-order valence-electron chi connectivity index (χ4n) is 3.47. The van der Waals surface area contributed by atoms with Crippen LogP contribution in [-0.2, 0) is 4.79 Å². The molecule has 0 saturated heterocycles. The molecule has 0 amide bonds. The highest BCUT2D eigenvalue weighted by molar-refractivity contribution is 6.03. The number of phenols is 1. The molecule has 0 bridgehead atoms. The highest BCUT2D eigenvalue weighted by Gasteiger charge is 2.31. The zero-order valence-electron chi connectivity index (χ0n) is 17.6. The van der Waals surface area contributed by atoms with E-state index in [9.17, 15) is 14.7 Å². The van der Waals surface area contributed by atoms with Gasteiger partial charge in [-0.15, -0.1) is 0 Å². The molecule has 162 valence electrons. The number of pyridine rings is 1. The number of ketones is 1. The lowest BCUT2D eigenvalue weighted by atomic mass is 9.95. The summed E-state index contributed by atoms with van der Waals surface area (Å²) in [5.74, 6) is -0.314. The predicted octanol–water partition coefficient (Wildman–Crippen LogP) is 4.43. The van der Waals surface area contributed by atoms with E-state index in [0.717, 1.165) is 11.1 Å². The van der Waals surface area contributed by atoms with Crippen molar-refractivity contribution in [2.45, 2.75) is 19.4 Å². The number of rotatable bonds is 5. The minimum absolute atomic E-state index is 0.0619. The first kappa shape index (κ1) is 21.1. The van der Waals surface area contributed by atoms with Gasteiger partial charge in [0.15, 0.2) is 5.78 Å². The average Bonchev–Trinajstić information content (AvgIpc) is 2.78. The number of phenolic OH excluding ortho intramolecular Hbond substituents is 1. The lowest BCUT2D eigenvalue weighted by Crippen LogP contribution is -2.21. The molecule has 0 radical (unpaired) electrons. The molecule has 7 nitrogen and oxygen atoms in total. The summed E-state index contributed by atoms with van der Waals surface area (Å²) < 4.78 is 16.7. The molecule has 0 fully saturated rings. The summed E-state index contributed by atoms with van der Waals surface area (Å²) >= 11 is 0. The molecule has 1 aliphatic rings. The van der Waals surface area contributed by atoms with Crippen molar-refractivity contribution in [2.24, 2.45) is 0 Å². The highest BCUT2D eigenvalue weighted by atomic mass is 16.5. The highest BCUT2D eigenvalue weighted by Crippen LogP contribution is 2.42. The number of hydrogen-bond donors (Lipinski definition) is 1. The fraction of sp³-hybridized carbons (Fsp3) is 0.160. The van der Waals surface area contributed by atoms with Gasteiger partial charge in [-0.3, -0.25) is 9.78 Å². The van der Waals surface area contributed by atoms with Crippen molar-refractivity contribution >= 4 is 17.8 Å². The third-order valence-electron chi connectivity index (χ3n) is 5.07. The van der Waals surface area contributed by atoms with E-state index < -0.39 is 12.1 Å². The zero-order chi connectivity index (χ0) is 22.7. The normalized spacial score (nSPS) is 15.2. The summed E-state index contributed by atoms with van der Waals surface area (Å²) in [4.78, 5) is 29.0. The van der Waals surface area contributed by atoms with Gasteiger partial charge < -0.3 is 19.3 Å². The van der Waals surface area contributed by atoms with Crippen LogP contribution in [0.15, 0.2) is 60.8 Å². The number of esters is 1. The maximum atomic E-state index is 12.7. The van der Waals surface area contributed by atoms with Crippen molar-refractivity contribution in [3.8, 4) is 23.0 Å². The monoisotopic (exact) mass is 431 g/mol. The number of aromatic nitrogens is 1. The number of hydrogen-bond acceptors (Lipinski definition) is 7. The minimum atomic E-state index is -0.656. The van der Waals surface area contributed by atoms with Crippen LogP contribution in [0.4, 0.5) is 0 Å². The Hall–Kier alpha value is -4.13. The topological polar surface area (TPSA) is 95.0 Å². The summed E-state index contributed by atoms with van der Waals surface area (Å²) in [6, 6.07) is 13.5. The summed E-state index contributed by atoms with van der Waals surface area (Å²) in [6.45, 7) is 1.92. The number of fused-ring (bicyclic) bond motifs is 1. The first-order valence-corrected chi connectivity index (χ1v) is 9.97. The molecule has 0 spiro atoms. The van der Waals surface area contributed by atoms with Crippen molar-refractivity contribution in [2.75, 3.05) is 7.11 Å². The Kier molecular flexibility index (Phi) is 5.89. The molecule has 1 atom stereocenters. The van der Waals surface area contributed by atoms with Crippen molar-refractivity contribution < 1.29 is 28.9 Å². The van der Waals surface area contributed by atoms with Gasteiger partial charge in [0, 0.05) is 24.4 Å². The number of aromatic hydroxyl groups is 1. The SMILES string of the molecule is COc1cc([C@@H]2CC(=O)c3c(O)cc(OC(=O)/C=C/c4ccccn4)cc3O2)ccc1C. The summed E-state index contributed by atoms with van der Waals surface area (Å²) in [6.07, 6.45) is 3.87. The largest absolute Gasteiger partial charge is 0.507 e. The van der Waals surface area contributed by atoms with Crippen molar-refractivity contribution in [3.63, 3.8) is 0 Å². The van der Waals surface area contributed by atoms with E-state index in [1.165, 1.54) is 24.3 Å². The van der Waals surface area contributed by atoms with E-state index >= 15 is 0 Å². The number of aryl methyl sites for hydroxylation is 1. The Morgan fingerprint density at radius 3 is 2.81 bits per heavy atom. The maximum Gasteiger partial charge on any atom is 0.336 e. The number of benzene rings is 2. The van der Waals surface area contributed by atoms with Gasteiger partial charge in [0.2, 0.25) is 0 Å². The van der Waals surface area contributed by atoms with Gasteiger partial charge in [0.25, 0.3) is 0 Å². The van der Waals surface area contributed by atoms with E-state index in [-0.39, 0.29) is 35.0 Å². The molecular formula is C25H21NO6. The van der Waals surface area contributed by atoms with Crippen LogP contribution in [0.3, 0.4) is 0 Å². The van der Waals surface area contributed by atoms with E-state index in [4.69, 9.17) is 14.2 Å². The summed E-state index contributed by atoms with van der Waals surface area (Å²) in [5, 5.41) is 10.4. The number of ether oxygens (including phenoxy) is 3. The fourth-order valence-corrected chi connectivity index (χ4v) is 3.47. The summed E-state index contributed by atoms with van der Waals surface area (Å²) in [7, 11) is 1.58. The first-order valence-electron chi connectivity index (χ1n) is 9.97. The van der Waals surface area contributed by atoms with Gasteiger partial charge in [-0.25, -0.2) is 4.79 Å². The quantitative estimate of drug-likeness (QED) is 0.363. The number of Topliss-reactive ketones (excluding diaryl/α,β-unsaturated/α-hetero) is 1.